The van der Waals surface area contributed by atoms with Crippen LogP contribution in [0.2, 0.25) is 0 Å². The summed E-state index contributed by atoms with van der Waals surface area (Å²) in [5.74, 6) is 0.136. The molecule has 0 saturated heterocycles. The van der Waals surface area contributed by atoms with E-state index in [2.05, 4.69) is 0 Å². The summed E-state index contributed by atoms with van der Waals surface area (Å²) >= 11 is 0. The average Bonchev–Trinajstić information content (AvgIpc) is 2.42. The molecule has 0 atom stereocenters. The Hall–Kier alpha value is -1.75. The molecule has 1 aromatic rings. The quantitative estimate of drug-likeness (QED) is 0.743. The molecule has 4 nitrogen and oxygen atoms in total. The van der Waals surface area contributed by atoms with Crippen molar-refractivity contribution in [2.75, 3.05) is 0 Å². The maximum Gasteiger partial charge on any atom is 0.215 e. The molecule has 1 heterocycles. The van der Waals surface area contributed by atoms with Crippen LogP contribution >= 0.6 is 0 Å². The van der Waals surface area contributed by atoms with Gasteiger partial charge in [-0.15, -0.1) is 0 Å². The molecule has 0 amide bonds. The predicted octanol–water partition coefficient (Wildman–Crippen LogP) is 0.962. The van der Waals surface area contributed by atoms with Crippen LogP contribution in [0.3, 0.4) is 0 Å². The van der Waals surface area contributed by atoms with Crippen molar-refractivity contribution in [3.63, 3.8) is 0 Å². The molecule has 5 heteroatoms. The molecular formula is C10H9NO3S. The van der Waals surface area contributed by atoms with Crippen molar-refractivity contribution in [3.8, 4) is 5.75 Å². The van der Waals surface area contributed by atoms with Crippen LogP contribution in [-0.2, 0) is 9.84 Å². The number of sulfone groups is 1. The fourth-order valence-electron chi connectivity index (χ4n) is 1.31. The summed E-state index contributed by atoms with van der Waals surface area (Å²) < 4.78 is 22.6. The van der Waals surface area contributed by atoms with Crippen LogP contribution in [0.25, 0.3) is 5.57 Å². The van der Waals surface area contributed by atoms with Crippen molar-refractivity contribution in [2.45, 2.75) is 0 Å². The molecule has 0 bridgehead atoms. The smallest absolute Gasteiger partial charge is 0.215 e. The second-order valence-electron chi connectivity index (χ2n) is 3.21. The van der Waals surface area contributed by atoms with Gasteiger partial charge in [-0.25, -0.2) is 8.42 Å². The second-order valence-corrected chi connectivity index (χ2v) is 5.01. The molecular weight excluding hydrogens is 214 g/mol. The fraction of sp³-hybridized carbons (Fsp3) is 0. The van der Waals surface area contributed by atoms with Gasteiger partial charge in [0.15, 0.2) is 0 Å². The highest BCUT2D eigenvalue weighted by atomic mass is 32.2. The first-order chi connectivity index (χ1) is 6.99. The summed E-state index contributed by atoms with van der Waals surface area (Å²) in [5.41, 5.74) is 6.58. The Morgan fingerprint density at radius 1 is 1.13 bits per heavy atom. The Balaban J connectivity index is 2.48. The van der Waals surface area contributed by atoms with Gasteiger partial charge in [0.2, 0.25) is 9.84 Å². The third-order valence-electron chi connectivity index (χ3n) is 2.11. The van der Waals surface area contributed by atoms with Crippen LogP contribution in [0.1, 0.15) is 5.56 Å². The highest BCUT2D eigenvalue weighted by Gasteiger charge is 2.20. The third kappa shape index (κ3) is 1.73. The lowest BCUT2D eigenvalue weighted by Gasteiger charge is -1.98. The Labute approximate surface area is 87.3 Å². The minimum absolute atomic E-state index is 0.136. The van der Waals surface area contributed by atoms with Crippen LogP contribution in [-0.4, -0.2) is 13.5 Å². The molecule has 1 aromatic carbocycles. The largest absolute Gasteiger partial charge is 0.508 e. The van der Waals surface area contributed by atoms with Crippen LogP contribution in [0, 0.1) is 0 Å². The van der Waals surface area contributed by atoms with E-state index in [1.165, 1.54) is 18.2 Å². The first-order valence-corrected chi connectivity index (χ1v) is 5.77. The van der Waals surface area contributed by atoms with Gasteiger partial charge in [-0.05, 0) is 29.3 Å². The number of phenolic OH excluding ortho intramolecular Hbond substituents is 1. The summed E-state index contributed by atoms with van der Waals surface area (Å²) in [6.07, 6.45) is 1.40. The van der Waals surface area contributed by atoms with Gasteiger partial charge in [0.05, 0.1) is 0 Å². The zero-order chi connectivity index (χ0) is 11.1. The standard InChI is InChI=1S/C10H9NO3S/c11-10-5-8(6-15(10,13)14)7-1-3-9(12)4-2-7/h1-6,12H,11H2. The van der Waals surface area contributed by atoms with E-state index in [-0.39, 0.29) is 10.8 Å². The number of hydrogen-bond acceptors (Lipinski definition) is 4. The lowest BCUT2D eigenvalue weighted by molar-refractivity contribution is 0.475. The molecule has 0 aromatic heterocycles. The molecule has 1 aliphatic heterocycles. The Kier molecular flexibility index (Phi) is 2.04. The number of aromatic hydroxyl groups is 1. The van der Waals surface area contributed by atoms with Crippen LogP contribution in [0.15, 0.2) is 40.8 Å². The Morgan fingerprint density at radius 3 is 2.20 bits per heavy atom. The van der Waals surface area contributed by atoms with E-state index in [0.717, 1.165) is 5.41 Å². The van der Waals surface area contributed by atoms with Gasteiger partial charge in [-0.2, -0.15) is 0 Å². The Morgan fingerprint density at radius 2 is 1.73 bits per heavy atom. The van der Waals surface area contributed by atoms with Gasteiger partial charge in [0, 0.05) is 5.41 Å². The van der Waals surface area contributed by atoms with Gasteiger partial charge in [0.1, 0.15) is 10.8 Å². The topological polar surface area (TPSA) is 80.4 Å². The van der Waals surface area contributed by atoms with Crippen molar-refractivity contribution in [3.05, 3.63) is 46.3 Å². The van der Waals surface area contributed by atoms with Crippen LogP contribution in [0.5, 0.6) is 5.75 Å². The molecule has 0 saturated carbocycles. The number of hydrogen-bond donors (Lipinski definition) is 2. The zero-order valence-electron chi connectivity index (χ0n) is 7.71. The maximum atomic E-state index is 11.3. The second kappa shape index (κ2) is 3.13. The van der Waals surface area contributed by atoms with Gasteiger partial charge < -0.3 is 10.8 Å². The summed E-state index contributed by atoms with van der Waals surface area (Å²) in [5, 5.41) is 10.0. The van der Waals surface area contributed by atoms with Gasteiger partial charge >= 0.3 is 0 Å². The van der Waals surface area contributed by atoms with Crippen molar-refractivity contribution < 1.29 is 13.5 Å². The van der Waals surface area contributed by atoms with Crippen molar-refractivity contribution in [2.24, 2.45) is 5.73 Å². The summed E-state index contributed by atoms with van der Waals surface area (Å²) in [7, 11) is -3.42. The number of benzene rings is 1. The molecule has 78 valence electrons. The lowest BCUT2D eigenvalue weighted by atomic mass is 10.1. The normalized spacial score (nSPS) is 18.4. The van der Waals surface area contributed by atoms with Gasteiger partial charge in [-0.1, -0.05) is 12.1 Å². The third-order valence-corrected chi connectivity index (χ3v) is 3.45. The maximum absolute atomic E-state index is 11.3. The Bertz CT molecular complexity index is 553. The molecule has 0 fully saturated rings. The van der Waals surface area contributed by atoms with Crippen molar-refractivity contribution in [1.82, 2.24) is 0 Å². The summed E-state index contributed by atoms with van der Waals surface area (Å²) in [6.45, 7) is 0. The first kappa shape index (κ1) is 9.79. The minimum Gasteiger partial charge on any atom is -0.508 e. The summed E-state index contributed by atoms with van der Waals surface area (Å²) in [4.78, 5) is 0. The first-order valence-electron chi connectivity index (χ1n) is 4.22. The fourth-order valence-corrected chi connectivity index (χ4v) is 2.28. The predicted molar refractivity (Wildman–Crippen MR) is 57.3 cm³/mol. The lowest BCUT2D eigenvalue weighted by Crippen LogP contribution is -2.04. The van der Waals surface area contributed by atoms with E-state index >= 15 is 0 Å². The minimum atomic E-state index is -3.42. The average molecular weight is 223 g/mol. The molecule has 0 radical (unpaired) electrons. The molecule has 1 aliphatic rings. The summed E-state index contributed by atoms with van der Waals surface area (Å²) in [6, 6.07) is 6.24. The van der Waals surface area contributed by atoms with E-state index in [4.69, 9.17) is 10.8 Å². The van der Waals surface area contributed by atoms with Crippen LogP contribution < -0.4 is 5.73 Å². The molecule has 0 aliphatic carbocycles. The van der Waals surface area contributed by atoms with E-state index in [0.29, 0.717) is 11.1 Å². The van der Waals surface area contributed by atoms with E-state index < -0.39 is 9.84 Å². The molecule has 0 unspecified atom stereocenters. The molecule has 2 rings (SSSR count). The number of nitrogens with two attached hydrogens (primary N) is 1. The van der Waals surface area contributed by atoms with Crippen molar-refractivity contribution in [1.29, 1.82) is 0 Å². The number of phenols is 1. The number of rotatable bonds is 1. The SMILES string of the molecule is NC1=CC(c2ccc(O)cc2)=CS1(=O)=O. The monoisotopic (exact) mass is 223 g/mol. The highest BCUT2D eigenvalue weighted by Crippen LogP contribution is 2.27. The highest BCUT2D eigenvalue weighted by molar-refractivity contribution is 7.98. The molecule has 0 spiro atoms. The van der Waals surface area contributed by atoms with E-state index in [1.54, 1.807) is 12.1 Å². The van der Waals surface area contributed by atoms with E-state index in [1.807, 2.05) is 0 Å². The van der Waals surface area contributed by atoms with Gasteiger partial charge in [0.25, 0.3) is 0 Å². The van der Waals surface area contributed by atoms with Crippen molar-refractivity contribution >= 4 is 15.4 Å². The van der Waals surface area contributed by atoms with Crippen LogP contribution in [0.4, 0.5) is 0 Å². The molecule has 3 N–H and O–H groups in total. The van der Waals surface area contributed by atoms with Gasteiger partial charge in [-0.3, -0.25) is 0 Å². The molecule has 15 heavy (non-hydrogen) atoms. The zero-order valence-corrected chi connectivity index (χ0v) is 8.53. The number of allylic oxidation sites excluding steroid dienone is 2. The van der Waals surface area contributed by atoms with E-state index in [9.17, 15) is 8.42 Å².